The molecular weight excluding hydrogens is 272 g/mol. The van der Waals surface area contributed by atoms with Crippen LogP contribution in [0.2, 0.25) is 0 Å². The molecule has 4 N–H and O–H groups in total. The van der Waals surface area contributed by atoms with Crippen molar-refractivity contribution in [1.29, 1.82) is 0 Å². The molecule has 0 aromatic carbocycles. The molecular formula is C18H38N4. The summed E-state index contributed by atoms with van der Waals surface area (Å²) in [6, 6.07) is 2.88. The third kappa shape index (κ3) is 7.40. The zero-order valence-electron chi connectivity index (χ0n) is 14.8. The highest BCUT2D eigenvalue weighted by Gasteiger charge is 2.17. The number of piperidine rings is 2. The van der Waals surface area contributed by atoms with Gasteiger partial charge in [-0.1, -0.05) is 12.8 Å². The Balaban J connectivity index is 1.37. The Morgan fingerprint density at radius 3 is 1.59 bits per heavy atom. The first-order chi connectivity index (χ1) is 10.7. The molecule has 4 atom stereocenters. The SMILES string of the molecule is CC1CC(NCCCCCCNC2CCNC(C)C2)CCN1. The summed E-state index contributed by atoms with van der Waals surface area (Å²) in [5.41, 5.74) is 0. The lowest BCUT2D eigenvalue weighted by molar-refractivity contribution is 0.326. The van der Waals surface area contributed by atoms with Gasteiger partial charge in [0.25, 0.3) is 0 Å². The van der Waals surface area contributed by atoms with Gasteiger partial charge in [0.1, 0.15) is 0 Å². The summed E-state index contributed by atoms with van der Waals surface area (Å²) < 4.78 is 0. The minimum absolute atomic E-state index is 0.690. The normalized spacial score (nSPS) is 33.0. The van der Waals surface area contributed by atoms with Crippen LogP contribution in [0, 0.1) is 0 Å². The largest absolute Gasteiger partial charge is 0.314 e. The van der Waals surface area contributed by atoms with Crippen molar-refractivity contribution in [2.75, 3.05) is 26.2 Å². The summed E-state index contributed by atoms with van der Waals surface area (Å²) in [6.45, 7) is 9.36. The third-order valence-electron chi connectivity index (χ3n) is 5.22. The Morgan fingerprint density at radius 2 is 1.18 bits per heavy atom. The Labute approximate surface area is 137 Å². The van der Waals surface area contributed by atoms with E-state index in [0.29, 0.717) is 12.1 Å². The van der Waals surface area contributed by atoms with E-state index in [9.17, 15) is 0 Å². The van der Waals surface area contributed by atoms with Crippen molar-refractivity contribution in [3.63, 3.8) is 0 Å². The Kier molecular flexibility index (Phi) is 8.75. The van der Waals surface area contributed by atoms with Crippen molar-refractivity contribution < 1.29 is 0 Å². The zero-order valence-corrected chi connectivity index (χ0v) is 14.8. The monoisotopic (exact) mass is 310 g/mol. The maximum atomic E-state index is 3.74. The quantitative estimate of drug-likeness (QED) is 0.492. The standard InChI is InChI=1S/C18H38N4/c1-15-13-17(7-11-19-15)21-9-5-3-4-6-10-22-18-8-12-20-16(2)14-18/h15-22H,3-14H2,1-2H3. The van der Waals surface area contributed by atoms with E-state index in [-0.39, 0.29) is 0 Å². The van der Waals surface area contributed by atoms with Gasteiger partial charge in [-0.05, 0) is 78.6 Å². The van der Waals surface area contributed by atoms with Crippen LogP contribution in [0.3, 0.4) is 0 Å². The van der Waals surface area contributed by atoms with Gasteiger partial charge in [0, 0.05) is 24.2 Å². The molecule has 4 nitrogen and oxygen atoms in total. The third-order valence-corrected chi connectivity index (χ3v) is 5.22. The van der Waals surface area contributed by atoms with Gasteiger partial charge in [0.05, 0.1) is 0 Å². The second kappa shape index (κ2) is 10.6. The number of nitrogens with one attached hydrogen (secondary N) is 4. The molecule has 4 unspecified atom stereocenters. The average Bonchev–Trinajstić information content (AvgIpc) is 2.50. The van der Waals surface area contributed by atoms with Gasteiger partial charge in [0.2, 0.25) is 0 Å². The molecule has 0 bridgehead atoms. The second-order valence-electron chi connectivity index (χ2n) is 7.48. The van der Waals surface area contributed by atoms with Crippen molar-refractivity contribution in [2.24, 2.45) is 0 Å². The van der Waals surface area contributed by atoms with Gasteiger partial charge in [-0.3, -0.25) is 0 Å². The Bertz CT molecular complexity index is 256. The van der Waals surface area contributed by atoms with Crippen LogP contribution in [-0.4, -0.2) is 50.3 Å². The van der Waals surface area contributed by atoms with Crippen molar-refractivity contribution in [2.45, 2.75) is 89.4 Å². The van der Waals surface area contributed by atoms with Crippen LogP contribution >= 0.6 is 0 Å². The number of hydrogen-bond acceptors (Lipinski definition) is 4. The minimum atomic E-state index is 0.690. The van der Waals surface area contributed by atoms with Crippen molar-refractivity contribution in [3.8, 4) is 0 Å². The lowest BCUT2D eigenvalue weighted by Crippen LogP contribution is -2.45. The maximum absolute atomic E-state index is 3.74. The molecule has 22 heavy (non-hydrogen) atoms. The molecule has 4 heteroatoms. The fourth-order valence-electron chi connectivity index (χ4n) is 3.85. The van der Waals surface area contributed by atoms with Crippen molar-refractivity contribution >= 4 is 0 Å². The molecule has 2 heterocycles. The average molecular weight is 311 g/mol. The summed E-state index contributed by atoms with van der Waals surface area (Å²) >= 11 is 0. The highest BCUT2D eigenvalue weighted by atomic mass is 15.0. The maximum Gasteiger partial charge on any atom is 0.00938 e. The smallest absolute Gasteiger partial charge is 0.00938 e. The predicted octanol–water partition coefficient (Wildman–Crippen LogP) is 2.01. The minimum Gasteiger partial charge on any atom is -0.314 e. The molecule has 2 rings (SSSR count). The molecule has 0 saturated carbocycles. The summed E-state index contributed by atoms with van der Waals surface area (Å²) in [7, 11) is 0. The van der Waals surface area contributed by atoms with Gasteiger partial charge >= 0.3 is 0 Å². The van der Waals surface area contributed by atoms with E-state index < -0.39 is 0 Å². The van der Waals surface area contributed by atoms with E-state index in [1.54, 1.807) is 0 Å². The molecule has 2 fully saturated rings. The summed E-state index contributed by atoms with van der Waals surface area (Å²) in [5.74, 6) is 0. The number of hydrogen-bond donors (Lipinski definition) is 4. The summed E-state index contributed by atoms with van der Waals surface area (Å²) in [4.78, 5) is 0. The predicted molar refractivity (Wildman–Crippen MR) is 95.4 cm³/mol. The van der Waals surface area contributed by atoms with Crippen LogP contribution in [0.1, 0.15) is 65.2 Å². The first-order valence-corrected chi connectivity index (χ1v) is 9.67. The molecule has 0 radical (unpaired) electrons. The topological polar surface area (TPSA) is 48.1 Å². The molecule has 0 spiro atoms. The van der Waals surface area contributed by atoms with E-state index in [4.69, 9.17) is 0 Å². The summed E-state index contributed by atoms with van der Waals surface area (Å²) in [5, 5.41) is 14.5. The highest BCUT2D eigenvalue weighted by Crippen LogP contribution is 2.09. The van der Waals surface area contributed by atoms with E-state index in [1.165, 1.54) is 77.5 Å². The van der Waals surface area contributed by atoms with Gasteiger partial charge < -0.3 is 21.3 Å². The van der Waals surface area contributed by atoms with Gasteiger partial charge in [0.15, 0.2) is 0 Å². The molecule has 0 aromatic rings. The first kappa shape index (κ1) is 18.2. The van der Waals surface area contributed by atoms with Gasteiger partial charge in [-0.15, -0.1) is 0 Å². The van der Waals surface area contributed by atoms with Crippen LogP contribution in [0.5, 0.6) is 0 Å². The van der Waals surface area contributed by atoms with E-state index in [0.717, 1.165) is 12.1 Å². The van der Waals surface area contributed by atoms with E-state index >= 15 is 0 Å². The molecule has 2 aliphatic rings. The van der Waals surface area contributed by atoms with Gasteiger partial charge in [-0.25, -0.2) is 0 Å². The lowest BCUT2D eigenvalue weighted by Gasteiger charge is -2.29. The zero-order chi connectivity index (χ0) is 15.6. The van der Waals surface area contributed by atoms with E-state index in [1.807, 2.05) is 0 Å². The summed E-state index contributed by atoms with van der Waals surface area (Å²) in [6.07, 6.45) is 10.6. The number of unbranched alkanes of at least 4 members (excludes halogenated alkanes) is 3. The molecule has 0 aliphatic carbocycles. The first-order valence-electron chi connectivity index (χ1n) is 9.67. The van der Waals surface area contributed by atoms with E-state index in [2.05, 4.69) is 35.1 Å². The fourth-order valence-corrected chi connectivity index (χ4v) is 3.85. The van der Waals surface area contributed by atoms with Crippen molar-refractivity contribution in [1.82, 2.24) is 21.3 Å². The van der Waals surface area contributed by atoms with Crippen LogP contribution in [0.15, 0.2) is 0 Å². The second-order valence-corrected chi connectivity index (χ2v) is 7.48. The molecule has 2 aliphatic heterocycles. The van der Waals surface area contributed by atoms with Gasteiger partial charge in [-0.2, -0.15) is 0 Å². The van der Waals surface area contributed by atoms with Crippen LogP contribution in [0.4, 0.5) is 0 Å². The number of rotatable bonds is 9. The van der Waals surface area contributed by atoms with Crippen LogP contribution in [0.25, 0.3) is 0 Å². The fraction of sp³-hybridized carbons (Fsp3) is 1.00. The van der Waals surface area contributed by atoms with Crippen molar-refractivity contribution in [3.05, 3.63) is 0 Å². The highest BCUT2D eigenvalue weighted by molar-refractivity contribution is 4.80. The molecule has 2 saturated heterocycles. The lowest BCUT2D eigenvalue weighted by atomic mass is 10.0. The molecule has 0 amide bonds. The molecule has 130 valence electrons. The van der Waals surface area contributed by atoms with Crippen LogP contribution < -0.4 is 21.3 Å². The molecule has 0 aromatic heterocycles. The Hall–Kier alpha value is -0.160. The Morgan fingerprint density at radius 1 is 0.727 bits per heavy atom. The van der Waals surface area contributed by atoms with Crippen LogP contribution in [-0.2, 0) is 0 Å².